The van der Waals surface area contributed by atoms with E-state index in [1.165, 1.54) is 46.0 Å². The molecule has 22 heavy (non-hydrogen) atoms. The maximum absolute atomic E-state index is 4.24. The Balaban J connectivity index is 2.11. The highest BCUT2D eigenvalue weighted by Crippen LogP contribution is 2.41. The van der Waals surface area contributed by atoms with Gasteiger partial charge in [-0.3, -0.25) is 0 Å². The van der Waals surface area contributed by atoms with Gasteiger partial charge in [0, 0.05) is 23.0 Å². The van der Waals surface area contributed by atoms with Crippen LogP contribution in [-0.2, 0) is 0 Å². The predicted molar refractivity (Wildman–Crippen MR) is 96.2 cm³/mol. The monoisotopic (exact) mass is 291 g/mol. The van der Waals surface area contributed by atoms with Crippen LogP contribution in [0.25, 0.3) is 10.9 Å². The predicted octanol–water partition coefficient (Wildman–Crippen LogP) is 6.27. The van der Waals surface area contributed by atoms with E-state index < -0.39 is 0 Å². The Kier molecular flexibility index (Phi) is 4.06. The van der Waals surface area contributed by atoms with Gasteiger partial charge in [-0.25, -0.2) is 0 Å². The quantitative estimate of drug-likeness (QED) is 0.683. The fourth-order valence-corrected chi connectivity index (χ4v) is 3.67. The van der Waals surface area contributed by atoms with Crippen LogP contribution in [0.5, 0.6) is 0 Å². The van der Waals surface area contributed by atoms with E-state index in [9.17, 15) is 0 Å². The van der Waals surface area contributed by atoms with Gasteiger partial charge in [0.05, 0.1) is 0 Å². The average molecular weight is 291 g/mol. The summed E-state index contributed by atoms with van der Waals surface area (Å²) in [7, 11) is 0. The zero-order valence-corrected chi connectivity index (χ0v) is 13.9. The molecule has 114 valence electrons. The molecule has 1 heterocycles. The molecule has 1 aliphatic carbocycles. The zero-order chi connectivity index (χ0) is 15.7. The van der Waals surface area contributed by atoms with Crippen LogP contribution in [0.1, 0.15) is 51.5 Å². The Morgan fingerprint density at radius 3 is 2.77 bits per heavy atom. The SMILES string of the molecule is C=C1C=C(C)CC(C(CCC)c2c[nH]c3ccccc23)=C1C. The number of aromatic amines is 1. The molecule has 0 fully saturated rings. The van der Waals surface area contributed by atoms with Gasteiger partial charge in [0.2, 0.25) is 0 Å². The molecule has 1 nitrogen and oxygen atoms in total. The smallest absolute Gasteiger partial charge is 0.0457 e. The summed E-state index contributed by atoms with van der Waals surface area (Å²) >= 11 is 0. The molecular formula is C21H25N. The van der Waals surface area contributed by atoms with Gasteiger partial charge in [-0.1, -0.05) is 55.3 Å². The minimum Gasteiger partial charge on any atom is -0.361 e. The van der Waals surface area contributed by atoms with Gasteiger partial charge >= 0.3 is 0 Å². The summed E-state index contributed by atoms with van der Waals surface area (Å²) in [5, 5.41) is 1.36. The lowest BCUT2D eigenvalue weighted by molar-refractivity contribution is 0.667. The summed E-state index contributed by atoms with van der Waals surface area (Å²) < 4.78 is 0. The Bertz CT molecular complexity index is 770. The highest BCUT2D eigenvalue weighted by Gasteiger charge is 2.23. The summed E-state index contributed by atoms with van der Waals surface area (Å²) in [6.45, 7) is 11.0. The van der Waals surface area contributed by atoms with Gasteiger partial charge in [0.1, 0.15) is 0 Å². The van der Waals surface area contributed by atoms with Crippen LogP contribution >= 0.6 is 0 Å². The Hall–Kier alpha value is -2.02. The Morgan fingerprint density at radius 2 is 2.00 bits per heavy atom. The number of H-pyrrole nitrogens is 1. The second-order valence-corrected chi connectivity index (χ2v) is 6.47. The van der Waals surface area contributed by atoms with Crippen LogP contribution in [0.2, 0.25) is 0 Å². The van der Waals surface area contributed by atoms with E-state index in [1.54, 1.807) is 5.57 Å². The highest BCUT2D eigenvalue weighted by atomic mass is 14.7. The molecule has 1 aromatic heterocycles. The average Bonchev–Trinajstić information content (AvgIpc) is 2.92. The van der Waals surface area contributed by atoms with Crippen molar-refractivity contribution in [3.63, 3.8) is 0 Å². The van der Waals surface area contributed by atoms with Crippen molar-refractivity contribution in [1.29, 1.82) is 0 Å². The molecule has 0 bridgehead atoms. The van der Waals surface area contributed by atoms with E-state index in [2.05, 4.69) is 68.9 Å². The largest absolute Gasteiger partial charge is 0.361 e. The second kappa shape index (κ2) is 6.00. The number of allylic oxidation sites excluding steroid dienone is 5. The van der Waals surface area contributed by atoms with Gasteiger partial charge < -0.3 is 4.98 Å². The zero-order valence-electron chi connectivity index (χ0n) is 13.9. The van der Waals surface area contributed by atoms with Gasteiger partial charge in [0.25, 0.3) is 0 Å². The molecule has 0 radical (unpaired) electrons. The van der Waals surface area contributed by atoms with Gasteiger partial charge in [0.15, 0.2) is 0 Å². The molecule has 0 saturated heterocycles. The van der Waals surface area contributed by atoms with E-state index >= 15 is 0 Å². The van der Waals surface area contributed by atoms with Crippen LogP contribution in [-0.4, -0.2) is 4.98 Å². The molecule has 3 rings (SSSR count). The molecule has 0 saturated carbocycles. The summed E-state index contributed by atoms with van der Waals surface area (Å²) in [4.78, 5) is 3.44. The van der Waals surface area contributed by atoms with Crippen LogP contribution in [0.15, 0.2) is 65.4 Å². The molecule has 1 atom stereocenters. The van der Waals surface area contributed by atoms with E-state index in [0.29, 0.717) is 5.92 Å². The maximum atomic E-state index is 4.24. The lowest BCUT2D eigenvalue weighted by Crippen LogP contribution is -2.09. The summed E-state index contributed by atoms with van der Waals surface area (Å²) in [5.41, 5.74) is 8.21. The first-order chi connectivity index (χ1) is 10.6. The van der Waals surface area contributed by atoms with Crippen molar-refractivity contribution in [2.75, 3.05) is 0 Å². The number of rotatable bonds is 4. The lowest BCUT2D eigenvalue weighted by Gasteiger charge is -2.26. The number of aromatic nitrogens is 1. The van der Waals surface area contributed by atoms with Crippen LogP contribution in [0.3, 0.4) is 0 Å². The molecule has 1 unspecified atom stereocenters. The minimum atomic E-state index is 0.488. The first kappa shape index (κ1) is 14.9. The number of para-hydroxylation sites is 1. The summed E-state index contributed by atoms with van der Waals surface area (Å²) in [6.07, 6.45) is 7.90. The molecule has 1 N–H and O–H groups in total. The fourth-order valence-electron chi connectivity index (χ4n) is 3.67. The number of hydrogen-bond acceptors (Lipinski definition) is 0. The molecule has 0 aliphatic heterocycles. The topological polar surface area (TPSA) is 15.8 Å². The molecule has 1 aliphatic rings. The van der Waals surface area contributed by atoms with Crippen LogP contribution in [0.4, 0.5) is 0 Å². The third-order valence-electron chi connectivity index (χ3n) is 4.85. The summed E-state index contributed by atoms with van der Waals surface area (Å²) in [5.74, 6) is 0.488. The molecule has 1 heteroatoms. The molecule has 0 spiro atoms. The number of hydrogen-bond donors (Lipinski definition) is 1. The van der Waals surface area contributed by atoms with Crippen molar-refractivity contribution in [3.8, 4) is 0 Å². The van der Waals surface area contributed by atoms with Crippen molar-refractivity contribution in [2.24, 2.45) is 0 Å². The molecule has 0 amide bonds. The molecule has 2 aromatic rings. The first-order valence-corrected chi connectivity index (χ1v) is 8.24. The molecular weight excluding hydrogens is 266 g/mol. The fraction of sp³-hybridized carbons (Fsp3) is 0.333. The van der Waals surface area contributed by atoms with Gasteiger partial charge in [-0.05, 0) is 49.5 Å². The third kappa shape index (κ3) is 2.56. The number of benzene rings is 1. The first-order valence-electron chi connectivity index (χ1n) is 8.24. The number of nitrogens with one attached hydrogen (secondary N) is 1. The van der Waals surface area contributed by atoms with E-state index in [-0.39, 0.29) is 0 Å². The lowest BCUT2D eigenvalue weighted by atomic mass is 9.78. The second-order valence-electron chi connectivity index (χ2n) is 6.47. The van der Waals surface area contributed by atoms with Crippen molar-refractivity contribution in [3.05, 3.63) is 71.0 Å². The van der Waals surface area contributed by atoms with Gasteiger partial charge in [-0.2, -0.15) is 0 Å². The van der Waals surface area contributed by atoms with Crippen molar-refractivity contribution < 1.29 is 0 Å². The highest BCUT2D eigenvalue weighted by molar-refractivity contribution is 5.84. The third-order valence-corrected chi connectivity index (χ3v) is 4.85. The van der Waals surface area contributed by atoms with Crippen molar-refractivity contribution >= 4 is 10.9 Å². The maximum Gasteiger partial charge on any atom is 0.0457 e. The van der Waals surface area contributed by atoms with Crippen molar-refractivity contribution in [1.82, 2.24) is 4.98 Å². The Labute approximate surface area is 133 Å². The Morgan fingerprint density at radius 1 is 1.23 bits per heavy atom. The normalized spacial score (nSPS) is 17.0. The van der Waals surface area contributed by atoms with Crippen LogP contribution < -0.4 is 0 Å². The van der Waals surface area contributed by atoms with Crippen LogP contribution in [0, 0.1) is 0 Å². The van der Waals surface area contributed by atoms with Crippen molar-refractivity contribution in [2.45, 2.75) is 46.0 Å². The van der Waals surface area contributed by atoms with E-state index in [1.807, 2.05) is 0 Å². The molecule has 1 aromatic carbocycles. The summed E-state index contributed by atoms with van der Waals surface area (Å²) in [6, 6.07) is 8.63. The van der Waals surface area contributed by atoms with E-state index in [0.717, 1.165) is 6.42 Å². The number of fused-ring (bicyclic) bond motifs is 1. The minimum absolute atomic E-state index is 0.488. The standard InChI is InChI=1S/C21H25N/c1-5-8-17(19-12-14(2)11-15(3)16(19)4)20-13-22-21-10-7-6-9-18(20)21/h6-7,9-11,13,17,22H,3,5,8,12H2,1-2,4H3. The van der Waals surface area contributed by atoms with Gasteiger partial charge in [-0.15, -0.1) is 0 Å². The van der Waals surface area contributed by atoms with E-state index in [4.69, 9.17) is 0 Å².